The van der Waals surface area contributed by atoms with E-state index in [1.807, 2.05) is 21.1 Å². The normalized spacial score (nSPS) is 15.3. The number of nitrogens with zero attached hydrogens (tertiary/aromatic N) is 1. The summed E-state index contributed by atoms with van der Waals surface area (Å²) in [5.74, 6) is -0.404. The molecule has 2 N–H and O–H groups in total. The summed E-state index contributed by atoms with van der Waals surface area (Å²) in [6.07, 6.45) is 5.57. The predicted octanol–water partition coefficient (Wildman–Crippen LogP) is 2.98. The van der Waals surface area contributed by atoms with Gasteiger partial charge in [0, 0.05) is 6.42 Å². The third-order valence-electron chi connectivity index (χ3n) is 3.75. The molecular weight excluding hydrogens is 377 g/mol. The Kier molecular flexibility index (Phi) is 14.2. The first-order chi connectivity index (χ1) is 12.6. The van der Waals surface area contributed by atoms with Gasteiger partial charge >= 0.3 is 13.8 Å². The number of phosphoric acid groups is 1. The molecule has 0 spiro atoms. The predicted molar refractivity (Wildman–Crippen MR) is 101 cm³/mol. The summed E-state index contributed by atoms with van der Waals surface area (Å²) < 4.78 is 26.9. The molecule has 1 unspecified atom stereocenters. The average Bonchev–Trinajstić information content (AvgIpc) is 2.56. The second-order valence-corrected chi connectivity index (χ2v) is 8.99. The van der Waals surface area contributed by atoms with Crippen LogP contribution in [-0.4, -0.2) is 74.2 Å². The van der Waals surface area contributed by atoms with Crippen molar-refractivity contribution in [3.8, 4) is 0 Å². The number of ether oxygens (including phenoxy) is 1. The zero-order chi connectivity index (χ0) is 20.8. The molecule has 0 bridgehead atoms. The molecule has 0 amide bonds. The minimum atomic E-state index is -4.27. The van der Waals surface area contributed by atoms with Crippen LogP contribution in [0.4, 0.5) is 0 Å². The topological polar surface area (TPSA) is 112 Å². The summed E-state index contributed by atoms with van der Waals surface area (Å²) in [7, 11) is 1.49. The summed E-state index contributed by atoms with van der Waals surface area (Å²) in [5, 5.41) is 8.83. The van der Waals surface area contributed by atoms with E-state index in [1.54, 1.807) is 0 Å². The van der Waals surface area contributed by atoms with Crippen LogP contribution in [0.2, 0.25) is 0 Å². The number of hydrogen-bond acceptors (Lipinski definition) is 7. The lowest BCUT2D eigenvalue weighted by Gasteiger charge is -2.24. The fourth-order valence-corrected chi connectivity index (χ4v) is 2.80. The lowest BCUT2D eigenvalue weighted by Crippen LogP contribution is -2.37. The Balaban J connectivity index is 3.95. The molecule has 0 rings (SSSR count). The molecule has 0 radical (unpaired) electrons. The minimum absolute atomic E-state index is 0.0369. The van der Waals surface area contributed by atoms with E-state index >= 15 is 0 Å². The number of phosphoric ester groups is 1. The zero-order valence-corrected chi connectivity index (χ0v) is 18.0. The molecule has 0 aromatic heterocycles. The van der Waals surface area contributed by atoms with Crippen LogP contribution in [0.5, 0.6) is 0 Å². The van der Waals surface area contributed by atoms with Crippen LogP contribution in [0.3, 0.4) is 0 Å². The van der Waals surface area contributed by atoms with Gasteiger partial charge in [-0.3, -0.25) is 19.1 Å². The largest absolute Gasteiger partial charge is 0.472 e. The van der Waals surface area contributed by atoms with Gasteiger partial charge in [-0.15, -0.1) is 0 Å². The maximum Gasteiger partial charge on any atom is 0.472 e. The number of quaternary nitrogens is 1. The van der Waals surface area contributed by atoms with Crippen molar-refractivity contribution in [3.63, 3.8) is 0 Å². The van der Waals surface area contributed by atoms with Gasteiger partial charge in [0.15, 0.2) is 6.10 Å². The number of rotatable bonds is 17. The molecule has 10 heteroatoms. The number of likely N-dealkylation sites (N-methyl/N-ethyl adjacent to an activating group) is 1. The number of carbonyl (C=O) groups excluding carboxylic acids is 1. The first kappa shape index (κ1) is 26.5. The van der Waals surface area contributed by atoms with Gasteiger partial charge in [-0.2, -0.15) is 0 Å². The summed E-state index contributed by atoms with van der Waals surface area (Å²) in [4.78, 5) is 25.4. The van der Waals surface area contributed by atoms with Crippen molar-refractivity contribution >= 4 is 13.8 Å². The molecular formula is C17H37NO8P+. The Morgan fingerprint density at radius 2 is 1.67 bits per heavy atom. The first-order valence-corrected chi connectivity index (χ1v) is 11.0. The van der Waals surface area contributed by atoms with E-state index in [2.05, 4.69) is 11.8 Å². The number of carbonyl (C=O) groups is 1. The van der Waals surface area contributed by atoms with Gasteiger partial charge in [0.25, 0.3) is 0 Å². The standard InChI is InChI=1S/C17H36NO8P/c1-5-6-7-8-9-10-11-17(19)23-14-16(26-20)15-25-27(21,22)24-13-12-18(2,3)4/h16H,5-15H2,1-4H3,(H-,20,21,22)/p+1/t16-/m1/s1. The first-order valence-electron chi connectivity index (χ1n) is 9.48. The third-order valence-corrected chi connectivity index (χ3v) is 4.74. The van der Waals surface area contributed by atoms with Crippen molar-refractivity contribution in [1.29, 1.82) is 0 Å². The van der Waals surface area contributed by atoms with Crippen LogP contribution in [-0.2, 0) is 28.0 Å². The smallest absolute Gasteiger partial charge is 0.463 e. The fourth-order valence-electron chi connectivity index (χ4n) is 2.06. The van der Waals surface area contributed by atoms with E-state index in [0.29, 0.717) is 11.0 Å². The van der Waals surface area contributed by atoms with Crippen molar-refractivity contribution in [3.05, 3.63) is 0 Å². The third kappa shape index (κ3) is 17.3. The highest BCUT2D eigenvalue weighted by atomic mass is 31.2. The molecule has 0 aliphatic rings. The maximum absolute atomic E-state index is 11.8. The van der Waals surface area contributed by atoms with Gasteiger partial charge in [0.05, 0.1) is 27.7 Å². The van der Waals surface area contributed by atoms with E-state index in [9.17, 15) is 14.3 Å². The molecule has 0 aromatic carbocycles. The molecule has 0 saturated heterocycles. The van der Waals surface area contributed by atoms with Gasteiger partial charge in [-0.25, -0.2) is 9.45 Å². The van der Waals surface area contributed by atoms with E-state index in [-0.39, 0.29) is 19.6 Å². The number of esters is 1. The maximum atomic E-state index is 11.8. The van der Waals surface area contributed by atoms with E-state index in [1.165, 1.54) is 19.3 Å². The van der Waals surface area contributed by atoms with Gasteiger partial charge in [-0.05, 0) is 6.42 Å². The molecule has 0 heterocycles. The Morgan fingerprint density at radius 3 is 2.26 bits per heavy atom. The van der Waals surface area contributed by atoms with Crippen LogP contribution in [0.15, 0.2) is 0 Å². The Morgan fingerprint density at radius 1 is 1.04 bits per heavy atom. The van der Waals surface area contributed by atoms with Crippen LogP contribution < -0.4 is 0 Å². The van der Waals surface area contributed by atoms with E-state index in [4.69, 9.17) is 19.0 Å². The molecule has 9 nitrogen and oxygen atoms in total. The fraction of sp³-hybridized carbons (Fsp3) is 0.941. The Hall–Kier alpha value is -0.540. The highest BCUT2D eigenvalue weighted by Gasteiger charge is 2.25. The lowest BCUT2D eigenvalue weighted by molar-refractivity contribution is -0.870. The highest BCUT2D eigenvalue weighted by Crippen LogP contribution is 2.43. The van der Waals surface area contributed by atoms with Gasteiger partial charge < -0.3 is 14.1 Å². The van der Waals surface area contributed by atoms with E-state index < -0.39 is 26.5 Å². The number of unbranched alkanes of at least 4 members (excludes halogenated alkanes) is 5. The van der Waals surface area contributed by atoms with Gasteiger partial charge in [0.1, 0.15) is 19.8 Å². The summed E-state index contributed by atoms with van der Waals surface area (Å²) in [6.45, 7) is 1.98. The molecule has 0 saturated carbocycles. The molecule has 0 aliphatic carbocycles. The lowest BCUT2D eigenvalue weighted by atomic mass is 10.1. The van der Waals surface area contributed by atoms with Crippen molar-refractivity contribution in [2.75, 3.05) is 47.5 Å². The Bertz CT molecular complexity index is 441. The van der Waals surface area contributed by atoms with Crippen LogP contribution in [0.1, 0.15) is 51.9 Å². The van der Waals surface area contributed by atoms with Crippen molar-refractivity contribution < 1.29 is 42.7 Å². The molecule has 162 valence electrons. The second-order valence-electron chi connectivity index (χ2n) is 7.54. The minimum Gasteiger partial charge on any atom is -0.463 e. The van der Waals surface area contributed by atoms with Gasteiger partial charge in [-0.1, -0.05) is 39.0 Å². The van der Waals surface area contributed by atoms with Crippen LogP contribution >= 0.6 is 7.82 Å². The summed E-state index contributed by atoms with van der Waals surface area (Å²) >= 11 is 0. The molecule has 0 aliphatic heterocycles. The Labute approximate surface area is 162 Å². The SMILES string of the molecule is CCCCCCCCC(=O)OC[C@H](COP(=O)(O)OCC[N+](C)(C)C)OO. The highest BCUT2D eigenvalue weighted by molar-refractivity contribution is 7.47. The van der Waals surface area contributed by atoms with E-state index in [0.717, 1.165) is 19.3 Å². The van der Waals surface area contributed by atoms with Crippen molar-refractivity contribution in [2.45, 2.75) is 58.0 Å². The molecule has 2 atom stereocenters. The molecule has 0 aromatic rings. The number of hydrogen-bond donors (Lipinski definition) is 2. The summed E-state index contributed by atoms with van der Waals surface area (Å²) in [6, 6.07) is 0. The quantitative estimate of drug-likeness (QED) is 0.0933. The van der Waals surface area contributed by atoms with Crippen molar-refractivity contribution in [1.82, 2.24) is 0 Å². The summed E-state index contributed by atoms with van der Waals surface area (Å²) in [5.41, 5.74) is 0. The zero-order valence-electron chi connectivity index (χ0n) is 17.1. The molecule has 0 fully saturated rings. The van der Waals surface area contributed by atoms with Crippen LogP contribution in [0, 0.1) is 0 Å². The molecule has 27 heavy (non-hydrogen) atoms. The monoisotopic (exact) mass is 414 g/mol. The van der Waals surface area contributed by atoms with Crippen LogP contribution in [0.25, 0.3) is 0 Å². The van der Waals surface area contributed by atoms with Gasteiger partial charge in [0.2, 0.25) is 0 Å². The average molecular weight is 414 g/mol. The second kappa shape index (κ2) is 14.5. The van der Waals surface area contributed by atoms with Crippen molar-refractivity contribution in [2.24, 2.45) is 0 Å².